The Morgan fingerprint density at radius 3 is 2.45 bits per heavy atom. The highest BCUT2D eigenvalue weighted by molar-refractivity contribution is 6.11. The lowest BCUT2D eigenvalue weighted by atomic mass is 10.0. The Balaban J connectivity index is 2.43. The van der Waals surface area contributed by atoms with Gasteiger partial charge in [-0.05, 0) is 24.6 Å². The van der Waals surface area contributed by atoms with Crippen LogP contribution < -0.4 is 4.74 Å². The number of hydrogen-bond donors (Lipinski definition) is 0. The van der Waals surface area contributed by atoms with Gasteiger partial charge in [0.05, 0.1) is 5.56 Å². The lowest BCUT2D eigenvalue weighted by Gasteiger charge is -2.09. The lowest BCUT2D eigenvalue weighted by molar-refractivity contribution is -0.128. The highest BCUT2D eigenvalue weighted by atomic mass is 16.5. The van der Waals surface area contributed by atoms with Gasteiger partial charge in [-0.1, -0.05) is 43.0 Å². The van der Waals surface area contributed by atoms with Crippen LogP contribution in [0.4, 0.5) is 0 Å². The minimum atomic E-state index is -0.585. The molecule has 0 N–H and O–H groups in total. The van der Waals surface area contributed by atoms with Gasteiger partial charge in [-0.3, -0.25) is 4.79 Å². The van der Waals surface area contributed by atoms with E-state index in [9.17, 15) is 9.59 Å². The molecule has 0 aliphatic rings. The second-order valence-electron chi connectivity index (χ2n) is 4.32. The van der Waals surface area contributed by atoms with Crippen molar-refractivity contribution in [1.29, 1.82) is 0 Å². The molecule has 0 aromatic heterocycles. The maximum atomic E-state index is 12.4. The fraction of sp³-hybridized carbons (Fsp3) is 0.0588. The third-order valence-corrected chi connectivity index (χ3v) is 2.79. The number of rotatable bonds is 4. The van der Waals surface area contributed by atoms with E-state index in [4.69, 9.17) is 4.74 Å². The summed E-state index contributed by atoms with van der Waals surface area (Å²) in [6.07, 6.45) is 1.07. The number of carbonyl (C=O) groups is 2. The van der Waals surface area contributed by atoms with E-state index in [0.29, 0.717) is 11.1 Å². The molecule has 0 saturated heterocycles. The molecule has 0 fully saturated rings. The van der Waals surface area contributed by atoms with Crippen LogP contribution in [0.3, 0.4) is 0 Å². The van der Waals surface area contributed by atoms with E-state index in [2.05, 4.69) is 6.58 Å². The van der Waals surface area contributed by atoms with Gasteiger partial charge in [-0.25, -0.2) is 4.79 Å². The number of benzene rings is 2. The summed E-state index contributed by atoms with van der Waals surface area (Å²) in [5, 5.41) is 0. The normalized spacial score (nSPS) is 9.85. The monoisotopic (exact) mass is 266 g/mol. The molecule has 0 aliphatic heterocycles. The second kappa shape index (κ2) is 5.97. The second-order valence-corrected chi connectivity index (χ2v) is 4.32. The number of ketones is 1. The van der Waals surface area contributed by atoms with Crippen molar-refractivity contribution in [3.63, 3.8) is 0 Å². The van der Waals surface area contributed by atoms with E-state index in [0.717, 1.165) is 11.6 Å². The van der Waals surface area contributed by atoms with Gasteiger partial charge in [-0.15, -0.1) is 0 Å². The Bertz CT molecular complexity index is 657. The molecule has 0 unspecified atom stereocenters. The maximum absolute atomic E-state index is 12.4. The number of aryl methyl sites for hydroxylation is 1. The molecule has 2 aromatic rings. The molecule has 0 bridgehead atoms. The molecule has 20 heavy (non-hydrogen) atoms. The first kappa shape index (κ1) is 13.7. The molecule has 2 rings (SSSR count). The molecule has 0 heterocycles. The largest absolute Gasteiger partial charge is 0.423 e. The Morgan fingerprint density at radius 2 is 1.80 bits per heavy atom. The minimum Gasteiger partial charge on any atom is -0.423 e. The summed E-state index contributed by atoms with van der Waals surface area (Å²) in [4.78, 5) is 23.8. The van der Waals surface area contributed by atoms with Crippen LogP contribution >= 0.6 is 0 Å². The quantitative estimate of drug-likeness (QED) is 0.369. The molecule has 0 amide bonds. The lowest BCUT2D eigenvalue weighted by Crippen LogP contribution is -2.09. The zero-order valence-corrected chi connectivity index (χ0v) is 11.1. The first-order valence-electron chi connectivity index (χ1n) is 6.16. The topological polar surface area (TPSA) is 43.4 Å². The molecular formula is C17H14O3. The Labute approximate surface area is 117 Å². The predicted molar refractivity (Wildman–Crippen MR) is 76.9 cm³/mol. The molecule has 0 atom stereocenters. The third kappa shape index (κ3) is 3.01. The van der Waals surface area contributed by atoms with Crippen LogP contribution in [0.2, 0.25) is 0 Å². The van der Waals surface area contributed by atoms with Gasteiger partial charge in [0.1, 0.15) is 5.75 Å². The number of hydrogen-bond acceptors (Lipinski definition) is 3. The van der Waals surface area contributed by atoms with Gasteiger partial charge < -0.3 is 4.74 Å². The third-order valence-electron chi connectivity index (χ3n) is 2.79. The summed E-state index contributed by atoms with van der Waals surface area (Å²) in [6.45, 7) is 5.22. The van der Waals surface area contributed by atoms with E-state index in [1.54, 1.807) is 42.5 Å². The summed E-state index contributed by atoms with van der Waals surface area (Å²) >= 11 is 0. The number of ether oxygens (including phenoxy) is 1. The summed E-state index contributed by atoms with van der Waals surface area (Å²) in [5.41, 5.74) is 1.81. The van der Waals surface area contributed by atoms with Crippen molar-refractivity contribution in [1.82, 2.24) is 0 Å². The number of esters is 1. The van der Waals surface area contributed by atoms with Crippen LogP contribution in [-0.4, -0.2) is 11.8 Å². The van der Waals surface area contributed by atoms with Gasteiger partial charge >= 0.3 is 5.97 Å². The van der Waals surface area contributed by atoms with Crippen molar-refractivity contribution in [2.24, 2.45) is 0 Å². The van der Waals surface area contributed by atoms with Crippen LogP contribution in [0.1, 0.15) is 21.5 Å². The Kier molecular flexibility index (Phi) is 4.11. The highest BCUT2D eigenvalue weighted by Gasteiger charge is 2.16. The van der Waals surface area contributed by atoms with E-state index >= 15 is 0 Å². The summed E-state index contributed by atoms with van der Waals surface area (Å²) in [5.74, 6) is -0.515. The molecule has 3 nitrogen and oxygen atoms in total. The fourth-order valence-electron chi connectivity index (χ4n) is 1.80. The van der Waals surface area contributed by atoms with Crippen LogP contribution in [0.15, 0.2) is 61.2 Å². The fourth-order valence-corrected chi connectivity index (χ4v) is 1.80. The van der Waals surface area contributed by atoms with E-state index < -0.39 is 5.97 Å². The zero-order valence-electron chi connectivity index (χ0n) is 11.1. The van der Waals surface area contributed by atoms with Crippen LogP contribution in [0, 0.1) is 6.92 Å². The van der Waals surface area contributed by atoms with E-state index in [-0.39, 0.29) is 11.5 Å². The van der Waals surface area contributed by atoms with Crippen molar-refractivity contribution < 1.29 is 14.3 Å². The zero-order chi connectivity index (χ0) is 14.5. The molecule has 100 valence electrons. The molecule has 2 aromatic carbocycles. The van der Waals surface area contributed by atoms with Crippen LogP contribution in [-0.2, 0) is 4.79 Å². The van der Waals surface area contributed by atoms with Gasteiger partial charge in [0, 0.05) is 11.6 Å². The van der Waals surface area contributed by atoms with Crippen molar-refractivity contribution in [2.45, 2.75) is 6.92 Å². The smallest absolute Gasteiger partial charge is 0.335 e. The predicted octanol–water partition coefficient (Wildman–Crippen LogP) is 3.32. The van der Waals surface area contributed by atoms with Crippen molar-refractivity contribution >= 4 is 11.8 Å². The molecule has 0 saturated carbocycles. The number of carbonyl (C=O) groups excluding carboxylic acids is 2. The highest BCUT2D eigenvalue weighted by Crippen LogP contribution is 2.23. The van der Waals surface area contributed by atoms with Crippen molar-refractivity contribution in [3.05, 3.63) is 77.9 Å². The van der Waals surface area contributed by atoms with E-state index in [1.807, 2.05) is 13.0 Å². The SMILES string of the molecule is C=CC(=O)Oc1cc(C)ccc1C(=O)c1ccccc1. The van der Waals surface area contributed by atoms with Gasteiger partial charge in [0.25, 0.3) is 0 Å². The molecule has 0 aliphatic carbocycles. The van der Waals surface area contributed by atoms with Crippen LogP contribution in [0.5, 0.6) is 5.75 Å². The average Bonchev–Trinajstić information content (AvgIpc) is 2.47. The molecule has 0 spiro atoms. The molecule has 3 heteroatoms. The minimum absolute atomic E-state index is 0.183. The summed E-state index contributed by atoms with van der Waals surface area (Å²) < 4.78 is 5.14. The van der Waals surface area contributed by atoms with Crippen LogP contribution in [0.25, 0.3) is 0 Å². The van der Waals surface area contributed by atoms with Crippen molar-refractivity contribution in [2.75, 3.05) is 0 Å². The standard InChI is InChI=1S/C17H14O3/c1-3-16(18)20-15-11-12(2)9-10-14(15)17(19)13-7-5-4-6-8-13/h3-11H,1H2,2H3. The Hall–Kier alpha value is -2.68. The van der Waals surface area contributed by atoms with Crippen molar-refractivity contribution in [3.8, 4) is 5.75 Å². The summed E-state index contributed by atoms with van der Waals surface area (Å²) in [7, 11) is 0. The molecular weight excluding hydrogens is 252 g/mol. The van der Waals surface area contributed by atoms with E-state index in [1.165, 1.54) is 0 Å². The molecule has 0 radical (unpaired) electrons. The van der Waals surface area contributed by atoms with Gasteiger partial charge in [0.15, 0.2) is 5.78 Å². The summed E-state index contributed by atoms with van der Waals surface area (Å²) in [6, 6.07) is 14.0. The first-order chi connectivity index (χ1) is 9.61. The average molecular weight is 266 g/mol. The maximum Gasteiger partial charge on any atom is 0.335 e. The first-order valence-corrected chi connectivity index (χ1v) is 6.16. The van der Waals surface area contributed by atoms with Gasteiger partial charge in [0.2, 0.25) is 0 Å². The van der Waals surface area contributed by atoms with Gasteiger partial charge in [-0.2, -0.15) is 0 Å². The Morgan fingerprint density at radius 1 is 1.10 bits per heavy atom.